The maximum Gasteiger partial charge on any atom is 0.214 e. The minimum Gasteiger partial charge on any atom is -0.314 e. The van der Waals surface area contributed by atoms with Gasteiger partial charge in [0.1, 0.15) is 11.5 Å². The molecule has 4 fully saturated rings. The van der Waals surface area contributed by atoms with Crippen molar-refractivity contribution >= 4 is 38.7 Å². The zero-order valence-corrected chi connectivity index (χ0v) is 17.1. The van der Waals surface area contributed by atoms with Crippen LogP contribution in [0.4, 0.5) is 0 Å². The number of hydrogen-bond acceptors (Lipinski definition) is 7. The summed E-state index contributed by atoms with van der Waals surface area (Å²) in [6.45, 7) is 3.40. The first-order valence-electron chi connectivity index (χ1n) is 8.51. The minimum atomic E-state index is -3.26. The molecule has 0 bridgehead atoms. The first kappa shape index (κ1) is 23.7. The van der Waals surface area contributed by atoms with Gasteiger partial charge in [-0.05, 0) is 31.6 Å². The molecule has 0 aromatic rings. The zero-order valence-electron chi connectivity index (χ0n) is 14.6. The molecule has 0 amide bonds. The first-order chi connectivity index (χ1) is 11.6. The Bertz CT molecular complexity index is 655. The highest BCUT2D eigenvalue weighted by Gasteiger charge is 2.37. The molecule has 154 valence electrons. The Labute approximate surface area is 161 Å². The van der Waals surface area contributed by atoms with Gasteiger partial charge in [-0.2, -0.15) is 0 Å². The molecular formula is C14H29ClN4O5S2. The van der Waals surface area contributed by atoms with Crippen molar-refractivity contribution in [3.05, 3.63) is 0 Å². The third-order valence-electron chi connectivity index (χ3n) is 4.62. The molecule has 2 saturated heterocycles. The van der Waals surface area contributed by atoms with Gasteiger partial charge in [0, 0.05) is 38.6 Å². The van der Waals surface area contributed by atoms with Gasteiger partial charge in [0.05, 0.1) is 5.25 Å². The Hall–Kier alpha value is -0.300. The average molecular weight is 433 g/mol. The fraction of sp³-hybridized carbons (Fsp3) is 0.929. The summed E-state index contributed by atoms with van der Waals surface area (Å²) in [7, 11) is -6.48. The summed E-state index contributed by atoms with van der Waals surface area (Å²) < 4.78 is 42.3. The molecule has 0 aromatic carbocycles. The van der Waals surface area contributed by atoms with E-state index in [2.05, 4.69) is 10.2 Å². The number of carbonyl (C=O) groups excluding carboxylic acids is 1. The summed E-state index contributed by atoms with van der Waals surface area (Å²) in [5.41, 5.74) is 0. The molecule has 0 unspecified atom stereocenters. The van der Waals surface area contributed by atoms with Crippen LogP contribution >= 0.6 is 12.4 Å². The van der Waals surface area contributed by atoms with Crippen molar-refractivity contribution in [3.63, 3.8) is 0 Å². The summed E-state index contributed by atoms with van der Waals surface area (Å²) in [4.78, 5) is 11.7. The van der Waals surface area contributed by atoms with Crippen LogP contribution in [0.15, 0.2) is 0 Å². The summed E-state index contributed by atoms with van der Waals surface area (Å²) in [6, 6.07) is 0. The Morgan fingerprint density at radius 2 is 1.42 bits per heavy atom. The summed E-state index contributed by atoms with van der Waals surface area (Å²) in [5.74, 6) is 1.29. The normalized spacial score (nSPS) is 23.8. The molecule has 0 radical (unpaired) electrons. The molecule has 9 nitrogen and oxygen atoms in total. The standard InChI is InChI=1S/C7H14N2O2S.C4H6O.C3H8N2O2S.ClH/c8-12(10,11)7-4-9(5-7)3-6-1-2-6;5-3-4-1-2-4;4-8(6,7)3-1-5-2-3;/h6-7H,1-5H2,(H2,8,10,11);3-4H,1-2H2;3,5H,1-2H2,(H2,4,6,7);1H. The van der Waals surface area contributed by atoms with Gasteiger partial charge in [-0.3, -0.25) is 0 Å². The van der Waals surface area contributed by atoms with E-state index in [1.807, 2.05) is 0 Å². The predicted octanol–water partition coefficient (Wildman–Crippen LogP) is -1.37. The third-order valence-corrected chi connectivity index (χ3v) is 7.11. The number of halogens is 1. The van der Waals surface area contributed by atoms with Gasteiger partial charge in [0.25, 0.3) is 0 Å². The number of likely N-dealkylation sites (tertiary alicyclic amines) is 1. The lowest BCUT2D eigenvalue weighted by Gasteiger charge is -2.37. The van der Waals surface area contributed by atoms with E-state index < -0.39 is 20.0 Å². The second kappa shape index (κ2) is 9.76. The second-order valence-electron chi connectivity index (χ2n) is 7.22. The smallest absolute Gasteiger partial charge is 0.214 e. The van der Waals surface area contributed by atoms with Crippen LogP contribution in [0.1, 0.15) is 25.7 Å². The summed E-state index contributed by atoms with van der Waals surface area (Å²) >= 11 is 0. The number of primary sulfonamides is 2. The summed E-state index contributed by atoms with van der Waals surface area (Å²) in [6.07, 6.45) is 5.94. The van der Waals surface area contributed by atoms with E-state index in [1.54, 1.807) is 0 Å². The number of hydrogen-bond donors (Lipinski definition) is 3. The fourth-order valence-electron chi connectivity index (χ4n) is 2.27. The van der Waals surface area contributed by atoms with E-state index in [4.69, 9.17) is 10.3 Å². The number of nitrogens with zero attached hydrogens (tertiary/aromatic N) is 1. The Kier molecular flexibility index (Phi) is 8.91. The van der Waals surface area contributed by atoms with Gasteiger partial charge in [0.2, 0.25) is 20.0 Å². The molecule has 4 aliphatic rings. The van der Waals surface area contributed by atoms with Crippen molar-refractivity contribution in [1.29, 1.82) is 0 Å². The maximum absolute atomic E-state index is 10.8. The average Bonchev–Trinajstić information content (AvgIpc) is 3.21. The zero-order chi connectivity index (χ0) is 18.7. The van der Waals surface area contributed by atoms with Crippen molar-refractivity contribution < 1.29 is 21.6 Å². The second-order valence-corrected chi connectivity index (χ2v) is 10.9. The number of nitrogens with two attached hydrogens (primary N) is 2. The number of rotatable bonds is 5. The molecule has 26 heavy (non-hydrogen) atoms. The van der Waals surface area contributed by atoms with Crippen LogP contribution in [0.5, 0.6) is 0 Å². The van der Waals surface area contributed by atoms with Crippen LogP contribution in [-0.2, 0) is 24.8 Å². The SMILES string of the molecule is Cl.NS(=O)(=O)C1CN(CC2CC2)C1.NS(=O)(=O)C1CNC1.O=CC1CC1. The van der Waals surface area contributed by atoms with Crippen LogP contribution < -0.4 is 15.6 Å². The van der Waals surface area contributed by atoms with E-state index in [-0.39, 0.29) is 22.9 Å². The molecule has 2 heterocycles. The van der Waals surface area contributed by atoms with Gasteiger partial charge in [-0.25, -0.2) is 27.1 Å². The summed E-state index contributed by atoms with van der Waals surface area (Å²) in [5, 5.41) is 12.0. The molecule has 5 N–H and O–H groups in total. The number of carbonyl (C=O) groups is 1. The highest BCUT2D eigenvalue weighted by molar-refractivity contribution is 7.90. The molecular weight excluding hydrogens is 404 g/mol. The maximum atomic E-state index is 10.8. The monoisotopic (exact) mass is 432 g/mol. The quantitative estimate of drug-likeness (QED) is 0.453. The van der Waals surface area contributed by atoms with Crippen LogP contribution in [-0.4, -0.2) is 71.2 Å². The third kappa shape index (κ3) is 8.59. The highest BCUT2D eigenvalue weighted by Crippen LogP contribution is 2.31. The van der Waals surface area contributed by atoms with Gasteiger partial charge >= 0.3 is 0 Å². The van der Waals surface area contributed by atoms with Crippen LogP contribution in [0.2, 0.25) is 0 Å². The molecule has 0 spiro atoms. The van der Waals surface area contributed by atoms with E-state index in [0.717, 1.165) is 31.6 Å². The molecule has 2 aliphatic heterocycles. The topological polar surface area (TPSA) is 153 Å². The number of nitrogens with one attached hydrogen (secondary N) is 1. The van der Waals surface area contributed by atoms with Gasteiger partial charge < -0.3 is 15.0 Å². The van der Waals surface area contributed by atoms with Crippen LogP contribution in [0, 0.1) is 11.8 Å². The van der Waals surface area contributed by atoms with Crippen molar-refractivity contribution in [1.82, 2.24) is 10.2 Å². The predicted molar refractivity (Wildman–Crippen MR) is 102 cm³/mol. The van der Waals surface area contributed by atoms with Crippen molar-refractivity contribution in [2.45, 2.75) is 36.2 Å². The van der Waals surface area contributed by atoms with E-state index in [1.165, 1.54) is 12.8 Å². The van der Waals surface area contributed by atoms with Crippen molar-refractivity contribution in [2.75, 3.05) is 32.7 Å². The van der Waals surface area contributed by atoms with Crippen molar-refractivity contribution in [3.8, 4) is 0 Å². The number of aldehydes is 1. The minimum absolute atomic E-state index is 0. The van der Waals surface area contributed by atoms with Gasteiger partial charge in [-0.1, -0.05) is 0 Å². The Morgan fingerprint density at radius 3 is 1.62 bits per heavy atom. The molecule has 2 saturated carbocycles. The molecule has 0 aromatic heterocycles. The van der Waals surface area contributed by atoms with E-state index >= 15 is 0 Å². The van der Waals surface area contributed by atoms with E-state index in [9.17, 15) is 21.6 Å². The van der Waals surface area contributed by atoms with Crippen LogP contribution in [0.25, 0.3) is 0 Å². The van der Waals surface area contributed by atoms with Gasteiger partial charge in [-0.15, -0.1) is 12.4 Å². The Balaban J connectivity index is 0.000000209. The molecule has 2 aliphatic carbocycles. The largest absolute Gasteiger partial charge is 0.314 e. The van der Waals surface area contributed by atoms with Crippen LogP contribution in [0.3, 0.4) is 0 Å². The Morgan fingerprint density at radius 1 is 0.923 bits per heavy atom. The molecule has 4 rings (SSSR count). The highest BCUT2D eigenvalue weighted by atomic mass is 35.5. The molecule has 0 atom stereocenters. The first-order valence-corrected chi connectivity index (χ1v) is 11.7. The fourth-order valence-corrected chi connectivity index (χ4v) is 3.81. The van der Waals surface area contributed by atoms with Crippen molar-refractivity contribution in [2.24, 2.45) is 22.1 Å². The number of sulfonamides is 2. The lowest BCUT2D eigenvalue weighted by molar-refractivity contribution is -0.108. The van der Waals surface area contributed by atoms with Gasteiger partial charge in [0.15, 0.2) is 0 Å². The molecule has 12 heteroatoms. The lowest BCUT2D eigenvalue weighted by Crippen LogP contribution is -2.56. The van der Waals surface area contributed by atoms with E-state index in [0.29, 0.717) is 32.1 Å². The lowest BCUT2D eigenvalue weighted by atomic mass is 10.2.